The topological polar surface area (TPSA) is 242 Å². The Labute approximate surface area is 229 Å². The summed E-state index contributed by atoms with van der Waals surface area (Å²) in [6.45, 7) is 16.2. The van der Waals surface area contributed by atoms with Gasteiger partial charge < -0.3 is 41.1 Å². The van der Waals surface area contributed by atoms with E-state index in [2.05, 4.69) is 43.4 Å². The molecule has 0 aliphatic rings. The first-order chi connectivity index (χ1) is 18.2. The molecular weight excluding hydrogens is 551 g/mol. The van der Waals surface area contributed by atoms with E-state index in [-0.39, 0.29) is 25.4 Å². The zero-order chi connectivity index (χ0) is 33.5. The molecule has 40 heavy (non-hydrogen) atoms. The molecule has 0 bridgehead atoms. The molecule has 8 N–H and O–H groups in total. The first kappa shape index (κ1) is 48.7. The molecule has 0 aromatic carbocycles. The Balaban J connectivity index is -0.0000000901. The number of carboxylic acids is 3. The molecule has 0 rings (SSSR count). The number of esters is 1. The minimum Gasteiger partial charge on any atom is -0.478 e. The molecule has 0 unspecified atom stereocenters. The molecular formula is C24H38F3NO12. The number of rotatable bonds is 10. The fourth-order valence-electron chi connectivity index (χ4n) is 0.756. The number of ether oxygens (including phenoxy) is 1. The van der Waals surface area contributed by atoms with Gasteiger partial charge in [0.05, 0.1) is 19.8 Å². The molecule has 0 saturated carbocycles. The monoisotopic (exact) mass is 589 g/mol. The number of aliphatic hydroxyl groups excluding tert-OH is 3. The van der Waals surface area contributed by atoms with Crippen LogP contribution in [0.15, 0.2) is 62.8 Å². The van der Waals surface area contributed by atoms with Gasteiger partial charge in [-0.15, -0.1) is 0 Å². The van der Waals surface area contributed by atoms with Crippen LogP contribution in [-0.4, -0.2) is 93.0 Å². The molecule has 0 saturated heterocycles. The molecule has 0 fully saturated rings. The van der Waals surface area contributed by atoms with Crippen molar-refractivity contribution in [3.8, 4) is 0 Å². The summed E-state index contributed by atoms with van der Waals surface area (Å²) in [4.78, 5) is 47.6. The summed E-state index contributed by atoms with van der Waals surface area (Å²) >= 11 is 0. The van der Waals surface area contributed by atoms with Crippen LogP contribution in [0, 0.1) is 5.41 Å². The standard InChI is InChI=1S/C6H7F3O2.C6H14O3.C3H5NO.3C3H4O2/c1-4(2)5(10)11-3-6(7,8)9;1-2-6(3-7,4-8)5-9;4*1-2-3(4)5/h1,3H2,2H3;7-9H,2-5H2,1H3;2H,1H2,(H2,4,5);3*2H,1H2,(H,4,5). The lowest BCUT2D eigenvalue weighted by Crippen LogP contribution is -2.32. The summed E-state index contributed by atoms with van der Waals surface area (Å²) in [6, 6.07) is 0. The highest BCUT2D eigenvalue weighted by atomic mass is 19.4. The summed E-state index contributed by atoms with van der Waals surface area (Å²) in [5.41, 5.74) is 3.82. The number of halogens is 3. The molecule has 0 radical (unpaired) electrons. The van der Waals surface area contributed by atoms with Crippen molar-refractivity contribution in [2.45, 2.75) is 26.4 Å². The number of alkyl halides is 3. The van der Waals surface area contributed by atoms with Gasteiger partial charge in [-0.1, -0.05) is 39.8 Å². The average Bonchev–Trinajstić information content (AvgIpc) is 2.90. The second kappa shape index (κ2) is 30.9. The molecule has 16 heteroatoms. The highest BCUT2D eigenvalue weighted by Crippen LogP contribution is 2.18. The molecule has 13 nitrogen and oxygen atoms in total. The Morgan fingerprint density at radius 1 is 0.775 bits per heavy atom. The van der Waals surface area contributed by atoms with Gasteiger partial charge in [0.2, 0.25) is 5.91 Å². The lowest BCUT2D eigenvalue weighted by atomic mass is 9.88. The quantitative estimate of drug-likeness (QED) is 0.141. The molecule has 0 aliphatic carbocycles. The Kier molecular flexibility index (Phi) is 37.7. The van der Waals surface area contributed by atoms with Crippen LogP contribution in [0.2, 0.25) is 0 Å². The smallest absolute Gasteiger partial charge is 0.422 e. The van der Waals surface area contributed by atoms with E-state index in [0.29, 0.717) is 6.42 Å². The highest BCUT2D eigenvalue weighted by Gasteiger charge is 2.29. The number of aliphatic hydroxyl groups is 3. The van der Waals surface area contributed by atoms with Crippen LogP contribution < -0.4 is 5.73 Å². The molecule has 0 aromatic heterocycles. The third-order valence-corrected chi connectivity index (χ3v) is 3.20. The molecule has 0 aromatic rings. The van der Waals surface area contributed by atoms with E-state index in [1.807, 2.05) is 6.92 Å². The normalized spacial score (nSPS) is 8.90. The van der Waals surface area contributed by atoms with Gasteiger partial charge in [0.25, 0.3) is 0 Å². The van der Waals surface area contributed by atoms with Crippen LogP contribution >= 0.6 is 0 Å². The zero-order valence-corrected chi connectivity index (χ0v) is 22.2. The minimum absolute atomic E-state index is 0.0470. The van der Waals surface area contributed by atoms with Crippen LogP contribution in [0.1, 0.15) is 20.3 Å². The van der Waals surface area contributed by atoms with Gasteiger partial charge in [0.15, 0.2) is 6.61 Å². The van der Waals surface area contributed by atoms with Gasteiger partial charge in [0.1, 0.15) is 0 Å². The fourth-order valence-corrected chi connectivity index (χ4v) is 0.756. The van der Waals surface area contributed by atoms with Crippen molar-refractivity contribution in [1.29, 1.82) is 0 Å². The van der Waals surface area contributed by atoms with Gasteiger partial charge in [-0.3, -0.25) is 4.79 Å². The molecule has 0 atom stereocenters. The summed E-state index contributed by atoms with van der Waals surface area (Å²) in [5, 5.41) is 48.8. The molecule has 0 aliphatic heterocycles. The zero-order valence-electron chi connectivity index (χ0n) is 22.2. The average molecular weight is 590 g/mol. The number of amides is 1. The van der Waals surface area contributed by atoms with Gasteiger partial charge in [-0.25, -0.2) is 19.2 Å². The fraction of sp³-hybridized carbons (Fsp3) is 0.375. The van der Waals surface area contributed by atoms with Crippen LogP contribution in [0.25, 0.3) is 0 Å². The largest absolute Gasteiger partial charge is 0.478 e. The van der Waals surface area contributed by atoms with E-state index in [4.69, 9.17) is 30.6 Å². The first-order valence-corrected chi connectivity index (χ1v) is 10.4. The summed E-state index contributed by atoms with van der Waals surface area (Å²) in [5.74, 6) is -4.45. The van der Waals surface area contributed by atoms with E-state index >= 15 is 0 Å². The Hall–Kier alpha value is -4.28. The number of hydrogen-bond acceptors (Lipinski definition) is 9. The molecule has 0 heterocycles. The van der Waals surface area contributed by atoms with Crippen LogP contribution in [0.4, 0.5) is 13.2 Å². The van der Waals surface area contributed by atoms with E-state index in [9.17, 15) is 37.1 Å². The van der Waals surface area contributed by atoms with Crippen molar-refractivity contribution in [3.05, 3.63) is 62.8 Å². The number of nitrogens with two attached hydrogens (primary N) is 1. The molecule has 232 valence electrons. The number of carbonyl (C=O) groups excluding carboxylic acids is 2. The number of primary amides is 1. The van der Waals surface area contributed by atoms with Gasteiger partial charge in [0, 0.05) is 29.2 Å². The Bertz CT molecular complexity index is 716. The number of hydrogen-bond donors (Lipinski definition) is 7. The maximum absolute atomic E-state index is 11.4. The van der Waals surface area contributed by atoms with Crippen LogP contribution in [-0.2, 0) is 28.7 Å². The van der Waals surface area contributed by atoms with Crippen LogP contribution in [0.5, 0.6) is 0 Å². The second-order valence-corrected chi connectivity index (χ2v) is 6.53. The predicted octanol–water partition coefficient (Wildman–Crippen LogP) is 1.46. The SMILES string of the molecule is C=C(C)C(=O)OCC(F)(F)F.C=CC(=O)O.C=CC(=O)O.C=CC(=O)O.C=CC(N)=O.CCC(CO)(CO)CO. The van der Waals surface area contributed by atoms with Crippen molar-refractivity contribution < 1.29 is 72.5 Å². The van der Waals surface area contributed by atoms with E-state index < -0.39 is 48.0 Å². The number of carbonyl (C=O) groups is 5. The van der Waals surface area contributed by atoms with Gasteiger partial charge >= 0.3 is 30.1 Å². The lowest BCUT2D eigenvalue weighted by molar-refractivity contribution is -0.183. The van der Waals surface area contributed by atoms with Crippen molar-refractivity contribution in [3.63, 3.8) is 0 Å². The van der Waals surface area contributed by atoms with Gasteiger partial charge in [-0.2, -0.15) is 13.2 Å². The maximum atomic E-state index is 11.4. The third-order valence-electron chi connectivity index (χ3n) is 3.20. The highest BCUT2D eigenvalue weighted by molar-refractivity contribution is 5.87. The van der Waals surface area contributed by atoms with Gasteiger partial charge in [-0.05, 0) is 19.4 Å². The number of carboxylic acid groups (broad SMARTS) is 3. The van der Waals surface area contributed by atoms with E-state index in [1.54, 1.807) is 0 Å². The van der Waals surface area contributed by atoms with Crippen molar-refractivity contribution in [2.24, 2.45) is 11.1 Å². The van der Waals surface area contributed by atoms with Crippen LogP contribution in [0.3, 0.4) is 0 Å². The number of aliphatic carboxylic acids is 3. The Morgan fingerprint density at radius 2 is 1.02 bits per heavy atom. The molecule has 0 spiro atoms. The van der Waals surface area contributed by atoms with Crippen molar-refractivity contribution in [1.82, 2.24) is 0 Å². The summed E-state index contributed by atoms with van der Waals surface area (Å²) < 4.78 is 37.9. The minimum atomic E-state index is -4.47. The maximum Gasteiger partial charge on any atom is 0.422 e. The van der Waals surface area contributed by atoms with E-state index in [1.165, 1.54) is 6.92 Å². The Morgan fingerprint density at radius 3 is 1.10 bits per heavy atom. The van der Waals surface area contributed by atoms with Crippen molar-refractivity contribution in [2.75, 3.05) is 26.4 Å². The third kappa shape index (κ3) is 54.6. The van der Waals surface area contributed by atoms with E-state index in [0.717, 1.165) is 24.3 Å². The lowest BCUT2D eigenvalue weighted by Gasteiger charge is -2.24. The summed E-state index contributed by atoms with van der Waals surface area (Å²) in [6.07, 6.45) is -0.318. The first-order valence-electron chi connectivity index (χ1n) is 10.4. The van der Waals surface area contributed by atoms with Crippen molar-refractivity contribution >= 4 is 29.8 Å². The second-order valence-electron chi connectivity index (χ2n) is 6.53. The predicted molar refractivity (Wildman–Crippen MR) is 139 cm³/mol. The molecule has 1 amide bonds. The summed E-state index contributed by atoms with van der Waals surface area (Å²) in [7, 11) is 0.